The van der Waals surface area contributed by atoms with Gasteiger partial charge in [-0.05, 0) is 6.42 Å². The van der Waals surface area contributed by atoms with E-state index in [1.165, 1.54) is 0 Å². The first-order valence-electron chi connectivity index (χ1n) is 5.29. The van der Waals surface area contributed by atoms with Crippen LogP contribution in [0.3, 0.4) is 0 Å². The van der Waals surface area contributed by atoms with Crippen molar-refractivity contribution in [1.82, 2.24) is 25.7 Å². The van der Waals surface area contributed by atoms with Crippen molar-refractivity contribution in [3.8, 4) is 0 Å². The monoisotopic (exact) mass is 255 g/mol. The second kappa shape index (κ2) is 7.35. The van der Waals surface area contributed by atoms with Crippen LogP contribution in [0.25, 0.3) is 0 Å². The molecule has 98 valence electrons. The van der Waals surface area contributed by atoms with Crippen LogP contribution in [0, 0.1) is 0 Å². The number of carbonyl (C=O) groups is 2. The molecule has 18 heavy (non-hydrogen) atoms. The summed E-state index contributed by atoms with van der Waals surface area (Å²) in [7, 11) is 0. The lowest BCUT2D eigenvalue weighted by molar-refractivity contribution is 0.0921. The largest absolute Gasteiger partial charge is 0.396 e. The second-order valence-corrected chi connectivity index (χ2v) is 3.28. The predicted molar refractivity (Wildman–Crippen MR) is 57.7 cm³/mol. The maximum absolute atomic E-state index is 11.4. The third-order valence-electron chi connectivity index (χ3n) is 1.89. The van der Waals surface area contributed by atoms with Gasteiger partial charge in [-0.2, -0.15) is 0 Å². The molecule has 0 radical (unpaired) electrons. The fourth-order valence-corrected chi connectivity index (χ4v) is 1.03. The Bertz CT molecular complexity index is 369. The van der Waals surface area contributed by atoms with E-state index in [1.54, 1.807) is 0 Å². The van der Waals surface area contributed by atoms with Crippen molar-refractivity contribution in [1.29, 1.82) is 0 Å². The molecule has 1 aromatic rings. The molecular formula is C9H13N5O4. The van der Waals surface area contributed by atoms with Gasteiger partial charge in [-0.15, -0.1) is 20.4 Å². The number of hydrogen-bond donors (Lipinski definition) is 3. The molecule has 0 spiro atoms. The van der Waals surface area contributed by atoms with Crippen LogP contribution in [0.4, 0.5) is 0 Å². The minimum atomic E-state index is -0.626. The molecule has 0 aliphatic rings. The van der Waals surface area contributed by atoms with Gasteiger partial charge in [0.15, 0.2) is 0 Å². The molecule has 1 heterocycles. The summed E-state index contributed by atoms with van der Waals surface area (Å²) in [4.78, 5) is 22.7. The van der Waals surface area contributed by atoms with E-state index < -0.39 is 11.7 Å². The highest BCUT2D eigenvalue weighted by atomic mass is 16.3. The van der Waals surface area contributed by atoms with Crippen LogP contribution >= 0.6 is 0 Å². The van der Waals surface area contributed by atoms with Gasteiger partial charge in [0.2, 0.25) is 11.6 Å². The first-order chi connectivity index (χ1) is 8.69. The van der Waals surface area contributed by atoms with Gasteiger partial charge in [0.05, 0.1) is 6.61 Å². The zero-order valence-electron chi connectivity index (χ0n) is 9.54. The smallest absolute Gasteiger partial charge is 0.292 e. The Morgan fingerprint density at radius 2 is 1.61 bits per heavy atom. The quantitative estimate of drug-likeness (QED) is 0.473. The maximum atomic E-state index is 11.4. The molecule has 1 rings (SSSR count). The first kappa shape index (κ1) is 14.1. The van der Waals surface area contributed by atoms with Crippen LogP contribution in [-0.4, -0.2) is 62.1 Å². The molecule has 9 heteroatoms. The molecule has 0 aromatic carbocycles. The molecule has 1 aromatic heterocycles. The fraction of sp³-hybridized carbons (Fsp3) is 0.556. The van der Waals surface area contributed by atoms with Crippen molar-refractivity contribution < 1.29 is 19.8 Å². The normalized spacial score (nSPS) is 10.1. The van der Waals surface area contributed by atoms with Gasteiger partial charge in [-0.3, -0.25) is 9.59 Å². The average Bonchev–Trinajstić information content (AvgIpc) is 2.42. The van der Waals surface area contributed by atoms with Gasteiger partial charge in [0.25, 0.3) is 11.7 Å². The second-order valence-electron chi connectivity index (χ2n) is 3.28. The maximum Gasteiger partial charge on any atom is 0.292 e. The van der Waals surface area contributed by atoms with E-state index in [4.69, 9.17) is 10.2 Å². The van der Waals surface area contributed by atoms with Crippen LogP contribution in [-0.2, 0) is 0 Å². The Morgan fingerprint density at radius 1 is 1.00 bits per heavy atom. The average molecular weight is 255 g/mol. The van der Waals surface area contributed by atoms with Crippen molar-refractivity contribution >= 4 is 11.7 Å². The number of nitrogens with one attached hydrogen (secondary N) is 1. The van der Waals surface area contributed by atoms with Crippen molar-refractivity contribution in [2.75, 3.05) is 19.8 Å². The molecule has 3 N–H and O–H groups in total. The number of aliphatic hydroxyl groups is 2. The highest BCUT2D eigenvalue weighted by molar-refractivity contribution is 5.93. The lowest BCUT2D eigenvalue weighted by atomic mass is 10.2. The molecule has 9 nitrogen and oxygen atoms in total. The van der Waals surface area contributed by atoms with E-state index in [9.17, 15) is 9.59 Å². The van der Waals surface area contributed by atoms with Gasteiger partial charge in [0.1, 0.15) is 0 Å². The summed E-state index contributed by atoms with van der Waals surface area (Å²) in [5.41, 5.74) is 0. The van der Waals surface area contributed by atoms with Crippen molar-refractivity contribution in [2.24, 2.45) is 0 Å². The lowest BCUT2D eigenvalue weighted by Crippen LogP contribution is -2.29. The SMILES string of the molecule is O=C(CCCO)c1nnc(C(=O)NCCO)nn1. The number of ketones is 1. The number of aromatic nitrogens is 4. The molecule has 0 fully saturated rings. The fourth-order valence-electron chi connectivity index (χ4n) is 1.03. The van der Waals surface area contributed by atoms with E-state index in [1.807, 2.05) is 0 Å². The number of rotatable bonds is 7. The number of amides is 1. The van der Waals surface area contributed by atoms with Gasteiger partial charge >= 0.3 is 0 Å². The van der Waals surface area contributed by atoms with E-state index in [2.05, 4.69) is 25.7 Å². The number of Topliss-reactive ketones (excluding diaryl/α,β-unsaturated/α-hetero) is 1. The zero-order chi connectivity index (χ0) is 13.4. The van der Waals surface area contributed by atoms with Gasteiger partial charge in [-0.1, -0.05) is 0 Å². The number of nitrogens with zero attached hydrogens (tertiary/aromatic N) is 4. The highest BCUT2D eigenvalue weighted by Crippen LogP contribution is 1.97. The first-order valence-corrected chi connectivity index (χ1v) is 5.29. The van der Waals surface area contributed by atoms with Gasteiger partial charge < -0.3 is 15.5 Å². The topological polar surface area (TPSA) is 138 Å². The van der Waals surface area contributed by atoms with Gasteiger partial charge in [0, 0.05) is 19.6 Å². The molecule has 1 amide bonds. The molecule has 0 unspecified atom stereocenters. The van der Waals surface area contributed by atoms with Crippen molar-refractivity contribution in [2.45, 2.75) is 12.8 Å². The standard InChI is InChI=1S/C9H13N5O4/c15-4-1-2-6(17)7-11-13-8(14-12-7)9(18)10-3-5-16/h15-16H,1-5H2,(H,10,18). The summed E-state index contributed by atoms with van der Waals surface area (Å²) < 4.78 is 0. The zero-order valence-corrected chi connectivity index (χ0v) is 9.54. The Balaban J connectivity index is 2.62. The third kappa shape index (κ3) is 4.11. The lowest BCUT2D eigenvalue weighted by Gasteiger charge is -2.00. The molecular weight excluding hydrogens is 242 g/mol. The van der Waals surface area contributed by atoms with E-state index in [0.717, 1.165) is 0 Å². The summed E-state index contributed by atoms with van der Waals surface area (Å²) in [5.74, 6) is -1.49. The third-order valence-corrected chi connectivity index (χ3v) is 1.89. The molecule has 0 aliphatic carbocycles. The van der Waals surface area contributed by atoms with Crippen LogP contribution < -0.4 is 5.32 Å². The van der Waals surface area contributed by atoms with Crippen LogP contribution in [0.1, 0.15) is 34.1 Å². The highest BCUT2D eigenvalue weighted by Gasteiger charge is 2.14. The molecule has 0 atom stereocenters. The van der Waals surface area contributed by atoms with Crippen molar-refractivity contribution in [3.05, 3.63) is 11.6 Å². The predicted octanol–water partition coefficient (Wildman–Crippen LogP) is -2.06. The summed E-state index contributed by atoms with van der Waals surface area (Å²) in [6, 6.07) is 0. The molecule has 0 aliphatic heterocycles. The summed E-state index contributed by atoms with van der Waals surface area (Å²) >= 11 is 0. The molecule has 0 bridgehead atoms. The van der Waals surface area contributed by atoms with E-state index in [-0.39, 0.29) is 37.8 Å². The number of hydrogen-bond acceptors (Lipinski definition) is 8. The van der Waals surface area contributed by atoms with E-state index in [0.29, 0.717) is 6.42 Å². The molecule has 0 saturated carbocycles. The number of carbonyl (C=O) groups excluding carboxylic acids is 2. The number of aliphatic hydroxyl groups excluding tert-OH is 2. The van der Waals surface area contributed by atoms with Crippen LogP contribution in [0.5, 0.6) is 0 Å². The summed E-state index contributed by atoms with van der Waals surface area (Å²) in [5, 5.41) is 33.3. The minimum absolute atomic E-state index is 0.0688. The Hall–Kier alpha value is -2.00. The Morgan fingerprint density at radius 3 is 2.17 bits per heavy atom. The van der Waals surface area contributed by atoms with E-state index >= 15 is 0 Å². The Kier molecular flexibility index (Phi) is 5.74. The minimum Gasteiger partial charge on any atom is -0.396 e. The van der Waals surface area contributed by atoms with Crippen LogP contribution in [0.2, 0.25) is 0 Å². The summed E-state index contributed by atoms with van der Waals surface area (Å²) in [6.45, 7) is -0.238. The van der Waals surface area contributed by atoms with Gasteiger partial charge in [-0.25, -0.2) is 0 Å². The van der Waals surface area contributed by atoms with Crippen molar-refractivity contribution in [3.63, 3.8) is 0 Å². The van der Waals surface area contributed by atoms with Crippen LogP contribution in [0.15, 0.2) is 0 Å². The molecule has 0 saturated heterocycles. The Labute approximate surface area is 102 Å². The summed E-state index contributed by atoms with van der Waals surface area (Å²) in [6.07, 6.45) is 0.400.